The van der Waals surface area contributed by atoms with Gasteiger partial charge in [0.1, 0.15) is 12.0 Å². The third-order valence-electron chi connectivity index (χ3n) is 2.21. The third kappa shape index (κ3) is 1.81. The summed E-state index contributed by atoms with van der Waals surface area (Å²) in [5.41, 5.74) is 1.89. The van der Waals surface area contributed by atoms with Crippen molar-refractivity contribution >= 4 is 16.8 Å². The smallest absolute Gasteiger partial charge is 0.255 e. The Morgan fingerprint density at radius 2 is 2.06 bits per heavy atom. The molecule has 2 heterocycles. The monoisotopic (exact) mass is 236 g/mol. The number of carbonyl (C=O) groups is 1. The van der Waals surface area contributed by atoms with E-state index >= 15 is 0 Å². The normalized spacial score (nSPS) is 10.4. The van der Waals surface area contributed by atoms with Crippen LogP contribution in [0, 0.1) is 0 Å². The molecular formula is C10H9ClN4O. The molecule has 0 radical (unpaired) electrons. The molecule has 0 amide bonds. The SMILES string of the molecule is CCc1c(C(=O)Cl)cnn1-c1cncnc1. The average molecular weight is 237 g/mol. The van der Waals surface area contributed by atoms with Crippen molar-refractivity contribution in [3.05, 3.63) is 36.2 Å². The number of hydrogen-bond acceptors (Lipinski definition) is 4. The minimum absolute atomic E-state index is 0.424. The third-order valence-corrected chi connectivity index (χ3v) is 2.41. The molecule has 0 saturated heterocycles. The van der Waals surface area contributed by atoms with Crippen molar-refractivity contribution in [2.75, 3.05) is 0 Å². The molecule has 0 aliphatic heterocycles. The summed E-state index contributed by atoms with van der Waals surface area (Å²) in [6.45, 7) is 1.93. The van der Waals surface area contributed by atoms with Gasteiger partial charge in [-0.1, -0.05) is 6.92 Å². The number of halogens is 1. The number of rotatable bonds is 3. The Bertz CT molecular complexity index is 509. The molecule has 0 N–H and O–H groups in total. The zero-order valence-corrected chi connectivity index (χ0v) is 9.35. The fraction of sp³-hybridized carbons (Fsp3) is 0.200. The van der Waals surface area contributed by atoms with E-state index in [1.807, 2.05) is 6.92 Å². The van der Waals surface area contributed by atoms with E-state index in [-0.39, 0.29) is 0 Å². The summed E-state index contributed by atoms with van der Waals surface area (Å²) in [5.74, 6) is 0. The highest BCUT2D eigenvalue weighted by Crippen LogP contribution is 2.16. The molecule has 16 heavy (non-hydrogen) atoms. The van der Waals surface area contributed by atoms with Gasteiger partial charge in [-0.2, -0.15) is 5.10 Å². The Labute approximate surface area is 97.1 Å². The van der Waals surface area contributed by atoms with E-state index in [0.717, 1.165) is 5.69 Å². The first-order valence-corrected chi connectivity index (χ1v) is 5.14. The number of aromatic nitrogens is 4. The first-order valence-electron chi connectivity index (χ1n) is 4.76. The highest BCUT2D eigenvalue weighted by atomic mass is 35.5. The first-order chi connectivity index (χ1) is 7.74. The molecule has 0 aliphatic rings. The van der Waals surface area contributed by atoms with E-state index in [4.69, 9.17) is 11.6 Å². The maximum absolute atomic E-state index is 11.2. The first kappa shape index (κ1) is 10.8. The van der Waals surface area contributed by atoms with Crippen molar-refractivity contribution in [2.24, 2.45) is 0 Å². The number of carbonyl (C=O) groups excluding carboxylic acids is 1. The van der Waals surface area contributed by atoms with Crippen molar-refractivity contribution < 1.29 is 4.79 Å². The second kappa shape index (κ2) is 4.40. The van der Waals surface area contributed by atoms with Crippen LogP contribution in [0.4, 0.5) is 0 Å². The molecule has 5 nitrogen and oxygen atoms in total. The highest BCUT2D eigenvalue weighted by Gasteiger charge is 2.15. The van der Waals surface area contributed by atoms with E-state index in [1.165, 1.54) is 12.5 Å². The van der Waals surface area contributed by atoms with Crippen LogP contribution in [0.25, 0.3) is 5.69 Å². The minimum atomic E-state index is -0.500. The standard InChI is InChI=1S/C10H9ClN4O/c1-2-9-8(10(11)16)5-14-15(9)7-3-12-6-13-4-7/h3-6H,2H2,1H3. The number of hydrogen-bond donors (Lipinski definition) is 0. The van der Waals surface area contributed by atoms with Gasteiger partial charge in [0.25, 0.3) is 5.24 Å². The van der Waals surface area contributed by atoms with E-state index < -0.39 is 5.24 Å². The summed E-state index contributed by atoms with van der Waals surface area (Å²) in [6, 6.07) is 0. The lowest BCUT2D eigenvalue weighted by Crippen LogP contribution is -2.04. The van der Waals surface area contributed by atoms with Crippen LogP contribution in [0.3, 0.4) is 0 Å². The average Bonchev–Trinajstić information content (AvgIpc) is 2.73. The predicted octanol–water partition coefficient (Wildman–Crippen LogP) is 1.60. The largest absolute Gasteiger partial charge is 0.275 e. The van der Waals surface area contributed by atoms with Gasteiger partial charge < -0.3 is 0 Å². The zero-order chi connectivity index (χ0) is 11.5. The van der Waals surface area contributed by atoms with Crippen LogP contribution in [0.5, 0.6) is 0 Å². The fourth-order valence-electron chi connectivity index (χ4n) is 1.50. The van der Waals surface area contributed by atoms with Crippen molar-refractivity contribution in [1.29, 1.82) is 0 Å². The van der Waals surface area contributed by atoms with Crippen molar-refractivity contribution in [1.82, 2.24) is 19.7 Å². The lowest BCUT2D eigenvalue weighted by molar-refractivity contribution is 0.108. The Hall–Kier alpha value is -1.75. The summed E-state index contributed by atoms with van der Waals surface area (Å²) >= 11 is 5.46. The summed E-state index contributed by atoms with van der Waals surface area (Å²) in [4.78, 5) is 19.0. The molecule has 0 atom stereocenters. The van der Waals surface area contributed by atoms with Gasteiger partial charge in [-0.05, 0) is 18.0 Å². The van der Waals surface area contributed by atoms with Gasteiger partial charge in [-0.25, -0.2) is 14.6 Å². The molecule has 2 aromatic rings. The van der Waals surface area contributed by atoms with Crippen LogP contribution in [0.1, 0.15) is 23.0 Å². The second-order valence-corrected chi connectivity index (χ2v) is 3.48. The predicted molar refractivity (Wildman–Crippen MR) is 58.7 cm³/mol. The second-order valence-electron chi connectivity index (χ2n) is 3.14. The Kier molecular flexibility index (Phi) is 2.96. The molecule has 0 aromatic carbocycles. The Balaban J connectivity index is 2.54. The molecule has 0 bridgehead atoms. The van der Waals surface area contributed by atoms with Crippen LogP contribution >= 0.6 is 11.6 Å². The maximum Gasteiger partial charge on any atom is 0.255 e. The van der Waals surface area contributed by atoms with Gasteiger partial charge in [0.05, 0.1) is 29.8 Å². The lowest BCUT2D eigenvalue weighted by Gasteiger charge is -2.04. The summed E-state index contributed by atoms with van der Waals surface area (Å²) in [6.07, 6.45) is 6.80. The molecule has 0 unspecified atom stereocenters. The molecule has 0 fully saturated rings. The van der Waals surface area contributed by atoms with Gasteiger partial charge in [-0.15, -0.1) is 0 Å². The zero-order valence-electron chi connectivity index (χ0n) is 8.59. The van der Waals surface area contributed by atoms with Crippen LogP contribution in [-0.2, 0) is 6.42 Å². The van der Waals surface area contributed by atoms with Crippen LogP contribution < -0.4 is 0 Å². The van der Waals surface area contributed by atoms with E-state index in [1.54, 1.807) is 17.1 Å². The van der Waals surface area contributed by atoms with Crippen molar-refractivity contribution in [3.8, 4) is 5.69 Å². The van der Waals surface area contributed by atoms with Gasteiger partial charge >= 0.3 is 0 Å². The molecule has 0 aliphatic carbocycles. The van der Waals surface area contributed by atoms with Crippen molar-refractivity contribution in [3.63, 3.8) is 0 Å². The summed E-state index contributed by atoms with van der Waals surface area (Å²) < 4.78 is 1.62. The van der Waals surface area contributed by atoms with Gasteiger partial charge in [0.2, 0.25) is 0 Å². The topological polar surface area (TPSA) is 60.7 Å². The number of nitrogens with zero attached hydrogens (tertiary/aromatic N) is 4. The molecular weight excluding hydrogens is 228 g/mol. The highest BCUT2D eigenvalue weighted by molar-refractivity contribution is 6.67. The molecule has 82 valence electrons. The molecule has 2 rings (SSSR count). The van der Waals surface area contributed by atoms with Crippen LogP contribution in [0.15, 0.2) is 24.9 Å². The summed E-state index contributed by atoms with van der Waals surface area (Å²) in [5, 5.41) is 3.61. The van der Waals surface area contributed by atoms with Crippen LogP contribution in [-0.4, -0.2) is 25.0 Å². The molecule has 0 spiro atoms. The van der Waals surface area contributed by atoms with E-state index in [0.29, 0.717) is 17.7 Å². The molecule has 6 heteroatoms. The van der Waals surface area contributed by atoms with Gasteiger partial charge in [0.15, 0.2) is 0 Å². The fourth-order valence-corrected chi connectivity index (χ4v) is 1.66. The van der Waals surface area contributed by atoms with E-state index in [2.05, 4.69) is 15.1 Å². The lowest BCUT2D eigenvalue weighted by atomic mass is 10.2. The molecule has 2 aromatic heterocycles. The quantitative estimate of drug-likeness (QED) is 0.760. The van der Waals surface area contributed by atoms with E-state index in [9.17, 15) is 4.79 Å². The van der Waals surface area contributed by atoms with Crippen molar-refractivity contribution in [2.45, 2.75) is 13.3 Å². The van der Waals surface area contributed by atoms with Gasteiger partial charge in [-0.3, -0.25) is 4.79 Å². The summed E-state index contributed by atoms with van der Waals surface area (Å²) in [7, 11) is 0. The van der Waals surface area contributed by atoms with Crippen LogP contribution in [0.2, 0.25) is 0 Å². The minimum Gasteiger partial charge on any atom is -0.275 e. The maximum atomic E-state index is 11.2. The Morgan fingerprint density at radius 3 is 2.62 bits per heavy atom. The Morgan fingerprint density at radius 1 is 1.38 bits per heavy atom. The van der Waals surface area contributed by atoms with Gasteiger partial charge in [0, 0.05) is 0 Å². The molecule has 0 saturated carbocycles.